The molecule has 1 aliphatic rings. The van der Waals surface area contributed by atoms with Crippen molar-refractivity contribution in [3.63, 3.8) is 0 Å². The van der Waals surface area contributed by atoms with Crippen LogP contribution in [0.3, 0.4) is 0 Å². The van der Waals surface area contributed by atoms with Gasteiger partial charge in [-0.1, -0.05) is 96.4 Å². The Morgan fingerprint density at radius 2 is 1.61 bits per heavy atom. The normalized spacial score (nSPS) is 16.7. The Morgan fingerprint density at radius 3 is 2.17 bits per heavy atom. The minimum Gasteiger partial charge on any atom is -0.481 e. The van der Waals surface area contributed by atoms with Gasteiger partial charge in [-0.3, -0.25) is 4.79 Å². The Balaban J connectivity index is 2.09. The standard InChI is InChI=1S/C43H71NO9Si/c1-8-10-12-16-19-26-42(51-31-32-52-42)27-20-17-14-13-15-18-21-38(43(49,40(47)48)28-30-53-54(6,7)41(3,4)5)39(46)44-36(34-45)33-35-22-24-37(25-23-35)50-29-11-9-2/h18,21-25,36,38,45,49H,8,10,12-17,19-20,26-34H2,1-7H3,(H,44,46)(H,47,48)/t36-,38+,43-/m0/s1. The number of unbranched alkanes of at least 4 members (excludes halogenated alkanes) is 8. The molecule has 0 saturated carbocycles. The predicted octanol–water partition coefficient (Wildman–Crippen LogP) is 7.95. The van der Waals surface area contributed by atoms with Gasteiger partial charge in [-0.25, -0.2) is 4.79 Å². The van der Waals surface area contributed by atoms with E-state index in [1.54, 1.807) is 25.1 Å². The fourth-order valence-corrected chi connectivity index (χ4v) is 7.38. The molecule has 10 nitrogen and oxygen atoms in total. The lowest BCUT2D eigenvalue weighted by atomic mass is 9.83. The second-order valence-electron chi connectivity index (χ2n) is 16.2. The van der Waals surface area contributed by atoms with E-state index in [-0.39, 0.29) is 31.3 Å². The first-order valence-electron chi connectivity index (χ1n) is 20.2. The number of aliphatic carboxylic acids is 1. The fourth-order valence-electron chi connectivity index (χ4n) is 6.34. The van der Waals surface area contributed by atoms with Crippen molar-refractivity contribution in [2.75, 3.05) is 33.0 Å². The van der Waals surface area contributed by atoms with Gasteiger partial charge in [0, 0.05) is 25.9 Å². The summed E-state index contributed by atoms with van der Waals surface area (Å²) in [7, 11) is -2.25. The van der Waals surface area contributed by atoms with Crippen LogP contribution in [0.15, 0.2) is 36.4 Å². The van der Waals surface area contributed by atoms with Crippen LogP contribution >= 0.6 is 0 Å². The number of ether oxygens (including phenoxy) is 3. The predicted molar refractivity (Wildman–Crippen MR) is 217 cm³/mol. The third kappa shape index (κ3) is 16.2. The molecule has 0 spiro atoms. The molecule has 1 aromatic carbocycles. The quantitative estimate of drug-likeness (QED) is 0.0303. The van der Waals surface area contributed by atoms with Crippen molar-refractivity contribution in [2.45, 2.75) is 160 Å². The van der Waals surface area contributed by atoms with E-state index in [9.17, 15) is 24.9 Å². The molecule has 11 heteroatoms. The second kappa shape index (κ2) is 24.0. The average molecular weight is 774 g/mol. The van der Waals surface area contributed by atoms with Crippen molar-refractivity contribution < 1.29 is 43.5 Å². The minimum absolute atomic E-state index is 0.00768. The first-order chi connectivity index (χ1) is 25.6. The highest BCUT2D eigenvalue weighted by Gasteiger charge is 2.48. The molecule has 3 atom stereocenters. The van der Waals surface area contributed by atoms with Crippen LogP contribution < -0.4 is 10.1 Å². The molecule has 1 heterocycles. The number of carboxylic acid groups (broad SMARTS) is 1. The van der Waals surface area contributed by atoms with Crippen molar-refractivity contribution in [1.82, 2.24) is 5.32 Å². The van der Waals surface area contributed by atoms with Gasteiger partial charge >= 0.3 is 5.97 Å². The van der Waals surface area contributed by atoms with Crippen LogP contribution in [-0.4, -0.2) is 86.0 Å². The lowest BCUT2D eigenvalue weighted by Gasteiger charge is -2.37. The number of hydrogen-bond donors (Lipinski definition) is 4. The molecule has 1 saturated heterocycles. The maximum Gasteiger partial charge on any atom is 0.336 e. The summed E-state index contributed by atoms with van der Waals surface area (Å²) in [5, 5.41) is 35.0. The highest BCUT2D eigenvalue weighted by atomic mass is 28.4. The number of nitrogens with one attached hydrogen (secondary N) is 1. The van der Waals surface area contributed by atoms with Gasteiger partial charge < -0.3 is 39.3 Å². The summed E-state index contributed by atoms with van der Waals surface area (Å²) < 4.78 is 24.0. The number of amides is 1. The number of aliphatic hydroxyl groups is 2. The summed E-state index contributed by atoms with van der Waals surface area (Å²) in [4.78, 5) is 26.6. The fraction of sp³-hybridized carbons (Fsp3) is 0.721. The molecule has 4 N–H and O–H groups in total. The first kappa shape index (κ1) is 47.4. The van der Waals surface area contributed by atoms with E-state index >= 15 is 0 Å². The summed E-state index contributed by atoms with van der Waals surface area (Å²) in [6.45, 7) is 15.5. The topological polar surface area (TPSA) is 144 Å². The number of rotatable bonds is 27. The zero-order valence-electron chi connectivity index (χ0n) is 34.3. The van der Waals surface area contributed by atoms with Crippen LogP contribution in [0.25, 0.3) is 0 Å². The maximum absolute atomic E-state index is 13.9. The highest BCUT2D eigenvalue weighted by molar-refractivity contribution is 6.74. The smallest absolute Gasteiger partial charge is 0.336 e. The van der Waals surface area contributed by atoms with Gasteiger partial charge in [-0.05, 0) is 74.9 Å². The van der Waals surface area contributed by atoms with Crippen LogP contribution in [-0.2, 0) is 29.9 Å². The molecule has 2 rings (SSSR count). The monoisotopic (exact) mass is 773 g/mol. The van der Waals surface area contributed by atoms with Gasteiger partial charge in [0.2, 0.25) is 5.91 Å². The molecule has 0 aliphatic carbocycles. The maximum atomic E-state index is 13.9. The first-order valence-corrected chi connectivity index (χ1v) is 23.1. The van der Waals surface area contributed by atoms with E-state index in [4.69, 9.17) is 18.6 Å². The molecule has 1 aliphatic heterocycles. The summed E-state index contributed by atoms with van der Waals surface area (Å²) in [6.07, 6.45) is 15.6. The van der Waals surface area contributed by atoms with E-state index in [1.807, 2.05) is 12.1 Å². The largest absolute Gasteiger partial charge is 0.481 e. The van der Waals surface area contributed by atoms with Crippen LogP contribution in [0.2, 0.25) is 18.1 Å². The molecule has 0 bridgehead atoms. The number of benzene rings is 1. The van der Waals surface area contributed by atoms with Gasteiger partial charge in [-0.15, -0.1) is 5.92 Å². The molecule has 0 unspecified atom stereocenters. The van der Waals surface area contributed by atoms with Crippen molar-refractivity contribution in [3.05, 3.63) is 42.0 Å². The third-order valence-corrected chi connectivity index (χ3v) is 15.4. The third-order valence-electron chi connectivity index (χ3n) is 10.9. The van der Waals surface area contributed by atoms with E-state index in [2.05, 4.69) is 57.9 Å². The van der Waals surface area contributed by atoms with Crippen LogP contribution in [0, 0.1) is 17.8 Å². The van der Waals surface area contributed by atoms with E-state index < -0.39 is 43.5 Å². The average Bonchev–Trinajstić information content (AvgIpc) is 3.59. The number of carbonyl (C=O) groups is 2. The number of carbonyl (C=O) groups excluding carboxylic acids is 1. The Bertz CT molecular complexity index is 1320. The molecular weight excluding hydrogens is 703 g/mol. The number of hydrogen-bond acceptors (Lipinski definition) is 8. The molecule has 1 aromatic rings. The molecule has 0 aromatic heterocycles. The van der Waals surface area contributed by atoms with Crippen molar-refractivity contribution in [2.24, 2.45) is 5.92 Å². The van der Waals surface area contributed by atoms with E-state index in [1.165, 1.54) is 31.8 Å². The molecule has 1 fully saturated rings. The molecule has 306 valence electrons. The van der Waals surface area contributed by atoms with E-state index in [0.29, 0.717) is 31.8 Å². The molecular formula is C43H71NO9Si. The van der Waals surface area contributed by atoms with Crippen molar-refractivity contribution in [1.29, 1.82) is 0 Å². The summed E-state index contributed by atoms with van der Waals surface area (Å²) in [5.74, 6) is 2.26. The number of aliphatic hydroxyl groups excluding tert-OH is 1. The van der Waals surface area contributed by atoms with Crippen LogP contribution in [0.1, 0.15) is 124 Å². The zero-order valence-corrected chi connectivity index (χ0v) is 35.3. The molecule has 54 heavy (non-hydrogen) atoms. The zero-order chi connectivity index (χ0) is 40.1. The Morgan fingerprint density at radius 1 is 1.00 bits per heavy atom. The minimum atomic E-state index is -2.42. The highest BCUT2D eigenvalue weighted by Crippen LogP contribution is 2.37. The summed E-state index contributed by atoms with van der Waals surface area (Å²) in [6, 6.07) is 6.57. The van der Waals surface area contributed by atoms with Crippen LogP contribution in [0.4, 0.5) is 0 Å². The Kier molecular flexibility index (Phi) is 21.1. The Hall–Kier alpha value is -2.72. The van der Waals surface area contributed by atoms with Gasteiger partial charge in [0.25, 0.3) is 0 Å². The van der Waals surface area contributed by atoms with Gasteiger partial charge in [-0.2, -0.15) is 0 Å². The van der Waals surface area contributed by atoms with Crippen LogP contribution in [0.5, 0.6) is 5.75 Å². The SMILES string of the molecule is CC#CCOc1ccc(C[C@@H](CO)NC(=O)[C@@H](C=CCCCCCCC2(CCCCCCC)OCCO2)[C@@](O)(CCO[Si](C)(C)C(C)(C)C)C(=O)O)cc1. The van der Waals surface area contributed by atoms with E-state index in [0.717, 1.165) is 50.5 Å². The second-order valence-corrected chi connectivity index (χ2v) is 21.0. The molecule has 0 radical (unpaired) electrons. The van der Waals surface area contributed by atoms with Gasteiger partial charge in [0.15, 0.2) is 19.7 Å². The lowest BCUT2D eigenvalue weighted by molar-refractivity contribution is -0.168. The van der Waals surface area contributed by atoms with Gasteiger partial charge in [0.1, 0.15) is 12.4 Å². The van der Waals surface area contributed by atoms with Crippen molar-refractivity contribution in [3.8, 4) is 17.6 Å². The van der Waals surface area contributed by atoms with Gasteiger partial charge in [0.05, 0.1) is 31.8 Å². The summed E-state index contributed by atoms with van der Waals surface area (Å²) in [5.41, 5.74) is -1.58. The lowest BCUT2D eigenvalue weighted by Crippen LogP contribution is -2.55. The number of allylic oxidation sites excluding steroid dienone is 1. The Labute approximate surface area is 326 Å². The number of carboxylic acids is 1. The van der Waals surface area contributed by atoms with Crippen molar-refractivity contribution >= 4 is 20.2 Å². The molecule has 1 amide bonds. The summed E-state index contributed by atoms with van der Waals surface area (Å²) >= 11 is 0.